The van der Waals surface area contributed by atoms with Gasteiger partial charge in [0.05, 0.1) is 12.2 Å². The van der Waals surface area contributed by atoms with Gasteiger partial charge in [-0.3, -0.25) is 4.79 Å². The van der Waals surface area contributed by atoms with Crippen molar-refractivity contribution in [3.8, 4) is 5.75 Å². The lowest BCUT2D eigenvalue weighted by molar-refractivity contribution is 0.0965. The maximum atomic E-state index is 12.5. The van der Waals surface area contributed by atoms with Crippen molar-refractivity contribution in [2.45, 2.75) is 57.8 Å². The van der Waals surface area contributed by atoms with Crippen LogP contribution in [0.2, 0.25) is 0 Å². The maximum absolute atomic E-state index is 12.5. The number of aryl methyl sites for hydroxylation is 1. The third-order valence-electron chi connectivity index (χ3n) is 4.74. The Morgan fingerprint density at radius 3 is 2.85 bits per heavy atom. The summed E-state index contributed by atoms with van der Waals surface area (Å²) >= 11 is 0. The normalized spacial score (nSPS) is 19.2. The Morgan fingerprint density at radius 2 is 2.00 bits per heavy atom. The van der Waals surface area contributed by atoms with Crippen LogP contribution >= 0.6 is 0 Å². The van der Waals surface area contributed by atoms with Crippen molar-refractivity contribution in [3.63, 3.8) is 0 Å². The fourth-order valence-electron chi connectivity index (χ4n) is 3.55. The first-order valence-electron chi connectivity index (χ1n) is 8.12. The summed E-state index contributed by atoms with van der Waals surface area (Å²) in [7, 11) is 0. The van der Waals surface area contributed by atoms with Gasteiger partial charge in [0.2, 0.25) is 0 Å². The van der Waals surface area contributed by atoms with E-state index in [1.54, 1.807) is 0 Å². The highest BCUT2D eigenvalue weighted by atomic mass is 16.5. The molecule has 1 aliphatic carbocycles. The minimum atomic E-state index is 0.273. The minimum Gasteiger partial charge on any atom is -0.493 e. The van der Waals surface area contributed by atoms with Crippen LogP contribution in [0.25, 0.3) is 0 Å². The lowest BCUT2D eigenvalue weighted by atomic mass is 9.85. The molecule has 0 N–H and O–H groups in total. The van der Waals surface area contributed by atoms with Gasteiger partial charge in [0.15, 0.2) is 5.78 Å². The average molecular weight is 272 g/mol. The quantitative estimate of drug-likeness (QED) is 0.751. The largest absolute Gasteiger partial charge is 0.493 e. The molecule has 0 radical (unpaired) electrons. The molecule has 1 fully saturated rings. The number of para-hydroxylation sites is 1. The van der Waals surface area contributed by atoms with Crippen LogP contribution in [0.5, 0.6) is 5.75 Å². The first kappa shape index (κ1) is 13.7. The van der Waals surface area contributed by atoms with Crippen molar-refractivity contribution in [3.05, 3.63) is 29.3 Å². The molecule has 108 valence electrons. The van der Waals surface area contributed by atoms with E-state index in [0.717, 1.165) is 43.1 Å². The predicted molar refractivity (Wildman–Crippen MR) is 80.4 cm³/mol. The molecule has 1 aliphatic heterocycles. The number of ketones is 1. The Morgan fingerprint density at radius 1 is 1.15 bits per heavy atom. The highest BCUT2D eigenvalue weighted by molar-refractivity contribution is 5.99. The first-order chi connectivity index (χ1) is 9.84. The van der Waals surface area contributed by atoms with E-state index in [4.69, 9.17) is 4.74 Å². The van der Waals surface area contributed by atoms with Crippen LogP contribution in [0.15, 0.2) is 18.2 Å². The van der Waals surface area contributed by atoms with Crippen molar-refractivity contribution in [1.29, 1.82) is 0 Å². The van der Waals surface area contributed by atoms with E-state index in [0.29, 0.717) is 6.42 Å². The van der Waals surface area contributed by atoms with Gasteiger partial charge < -0.3 is 4.74 Å². The Bertz CT molecular complexity index is 472. The fourth-order valence-corrected chi connectivity index (χ4v) is 3.55. The molecule has 2 aliphatic rings. The van der Waals surface area contributed by atoms with E-state index < -0.39 is 0 Å². The van der Waals surface area contributed by atoms with E-state index in [1.165, 1.54) is 37.7 Å². The summed E-state index contributed by atoms with van der Waals surface area (Å²) in [6.45, 7) is 0.750. The van der Waals surface area contributed by atoms with Crippen LogP contribution in [0.1, 0.15) is 67.3 Å². The van der Waals surface area contributed by atoms with Gasteiger partial charge in [-0.25, -0.2) is 0 Å². The Kier molecular flexibility index (Phi) is 4.39. The number of carbonyl (C=O) groups is 1. The monoisotopic (exact) mass is 272 g/mol. The van der Waals surface area contributed by atoms with Gasteiger partial charge >= 0.3 is 0 Å². The average Bonchev–Trinajstić information content (AvgIpc) is 2.53. The molecule has 1 aromatic rings. The number of benzene rings is 1. The number of carbonyl (C=O) groups excluding carboxylic acids is 1. The van der Waals surface area contributed by atoms with Crippen molar-refractivity contribution >= 4 is 5.78 Å². The topological polar surface area (TPSA) is 26.3 Å². The van der Waals surface area contributed by atoms with Crippen molar-refractivity contribution in [2.75, 3.05) is 6.61 Å². The third kappa shape index (κ3) is 3.05. The molecule has 1 heterocycles. The molecule has 0 amide bonds. The van der Waals surface area contributed by atoms with Gasteiger partial charge in [0, 0.05) is 6.42 Å². The molecular weight excluding hydrogens is 248 g/mol. The summed E-state index contributed by atoms with van der Waals surface area (Å²) < 4.78 is 5.75. The molecule has 3 rings (SSSR count). The maximum Gasteiger partial charge on any atom is 0.166 e. The van der Waals surface area contributed by atoms with E-state index in [-0.39, 0.29) is 5.78 Å². The van der Waals surface area contributed by atoms with Gasteiger partial charge in [-0.2, -0.15) is 0 Å². The highest BCUT2D eigenvalue weighted by Crippen LogP contribution is 2.32. The number of ether oxygens (including phenoxy) is 1. The second-order valence-electron chi connectivity index (χ2n) is 6.21. The number of rotatable bonds is 4. The van der Waals surface area contributed by atoms with Crippen LogP contribution in [0.4, 0.5) is 0 Å². The summed E-state index contributed by atoms with van der Waals surface area (Å²) in [5, 5.41) is 0. The van der Waals surface area contributed by atoms with Crippen molar-refractivity contribution in [1.82, 2.24) is 0 Å². The predicted octanol–water partition coefficient (Wildman–Crippen LogP) is 4.55. The number of Topliss-reactive ketones (excluding diaryl/α,β-unsaturated/α-hetero) is 1. The molecule has 0 aromatic heterocycles. The Balaban J connectivity index is 1.64. The summed E-state index contributed by atoms with van der Waals surface area (Å²) in [4.78, 5) is 12.5. The van der Waals surface area contributed by atoms with E-state index in [2.05, 4.69) is 6.07 Å². The first-order valence-corrected chi connectivity index (χ1v) is 8.12. The SMILES string of the molecule is O=C(CCC1CCCCC1)c1cccc2c1OCCC2. The number of hydrogen-bond donors (Lipinski definition) is 0. The molecule has 0 saturated heterocycles. The molecule has 0 bridgehead atoms. The molecular formula is C18H24O2. The van der Waals surface area contributed by atoms with Gasteiger partial charge in [0.1, 0.15) is 5.75 Å². The van der Waals surface area contributed by atoms with Crippen LogP contribution in [-0.4, -0.2) is 12.4 Å². The van der Waals surface area contributed by atoms with E-state index >= 15 is 0 Å². The zero-order chi connectivity index (χ0) is 13.8. The van der Waals surface area contributed by atoms with Crippen LogP contribution in [-0.2, 0) is 6.42 Å². The van der Waals surface area contributed by atoms with Crippen molar-refractivity contribution < 1.29 is 9.53 Å². The van der Waals surface area contributed by atoms with Crippen LogP contribution < -0.4 is 4.74 Å². The molecule has 1 aromatic carbocycles. The molecule has 2 nitrogen and oxygen atoms in total. The summed E-state index contributed by atoms with van der Waals surface area (Å²) in [5.41, 5.74) is 2.03. The molecule has 0 spiro atoms. The molecule has 20 heavy (non-hydrogen) atoms. The lowest BCUT2D eigenvalue weighted by Crippen LogP contribution is -2.14. The number of hydrogen-bond acceptors (Lipinski definition) is 2. The molecule has 0 atom stereocenters. The number of fused-ring (bicyclic) bond motifs is 1. The second kappa shape index (κ2) is 6.43. The molecule has 1 saturated carbocycles. The summed E-state index contributed by atoms with van der Waals surface area (Å²) in [5.74, 6) is 1.91. The Labute approximate surface area is 121 Å². The van der Waals surface area contributed by atoms with Crippen molar-refractivity contribution in [2.24, 2.45) is 5.92 Å². The molecule has 2 heteroatoms. The van der Waals surface area contributed by atoms with E-state index in [9.17, 15) is 4.79 Å². The zero-order valence-electron chi connectivity index (χ0n) is 12.2. The smallest absolute Gasteiger partial charge is 0.166 e. The highest BCUT2D eigenvalue weighted by Gasteiger charge is 2.20. The zero-order valence-corrected chi connectivity index (χ0v) is 12.2. The van der Waals surface area contributed by atoms with Crippen LogP contribution in [0.3, 0.4) is 0 Å². The minimum absolute atomic E-state index is 0.273. The van der Waals surface area contributed by atoms with Gasteiger partial charge in [-0.15, -0.1) is 0 Å². The van der Waals surface area contributed by atoms with Gasteiger partial charge in [0.25, 0.3) is 0 Å². The Hall–Kier alpha value is -1.31. The second-order valence-corrected chi connectivity index (χ2v) is 6.21. The van der Waals surface area contributed by atoms with Crippen LogP contribution in [0, 0.1) is 5.92 Å². The third-order valence-corrected chi connectivity index (χ3v) is 4.74. The lowest BCUT2D eigenvalue weighted by Gasteiger charge is -2.22. The standard InChI is InChI=1S/C18H24O2/c19-17(12-11-14-6-2-1-3-7-14)16-10-4-8-15-9-5-13-20-18(15)16/h4,8,10,14H,1-3,5-7,9,11-13H2. The van der Waals surface area contributed by atoms with E-state index in [1.807, 2.05) is 12.1 Å². The summed E-state index contributed by atoms with van der Waals surface area (Å²) in [6.07, 6.45) is 10.6. The van der Waals surface area contributed by atoms with Gasteiger partial charge in [-0.05, 0) is 36.8 Å². The van der Waals surface area contributed by atoms with Gasteiger partial charge in [-0.1, -0.05) is 44.2 Å². The fraction of sp³-hybridized carbons (Fsp3) is 0.611. The molecule has 0 unspecified atom stereocenters. The summed E-state index contributed by atoms with van der Waals surface area (Å²) in [6, 6.07) is 6.03.